The van der Waals surface area contributed by atoms with Crippen LogP contribution in [0.1, 0.15) is 98.3 Å². The standard InChI is InChI=1S/C21H21NO2.C20H21NO.CH4/c1-12-11-21(2,3)22-19-9-13-8-18-14(17(13)10-16(12)19)6-5-7-15(18)20(23)24-4;1-12-10-20(2,3)21-19-8-14-7-17-13(11-22)5-4-6-15(17)18(14)9-16(12)19;/h5-7,9-11,22H,8H2,1-4H3;4-6,8-10,21-22H,7,11H2,1-3H3;1H4. The number of aliphatic hydroxyl groups is 1. The van der Waals surface area contributed by atoms with Gasteiger partial charge in [0.15, 0.2) is 0 Å². The van der Waals surface area contributed by atoms with Gasteiger partial charge >= 0.3 is 5.97 Å². The summed E-state index contributed by atoms with van der Waals surface area (Å²) in [5.74, 6) is -0.264. The Bertz CT molecular complexity index is 2010. The van der Waals surface area contributed by atoms with E-state index in [1.807, 2.05) is 24.3 Å². The van der Waals surface area contributed by atoms with Crippen molar-refractivity contribution < 1.29 is 14.6 Å². The number of methoxy groups -OCH3 is 1. The highest BCUT2D eigenvalue weighted by Gasteiger charge is 2.30. The third-order valence-electron chi connectivity index (χ3n) is 9.74. The summed E-state index contributed by atoms with van der Waals surface area (Å²) in [6.07, 6.45) is 6.25. The zero-order valence-electron chi connectivity index (χ0n) is 27.8. The van der Waals surface area contributed by atoms with E-state index < -0.39 is 0 Å². The van der Waals surface area contributed by atoms with E-state index in [1.165, 1.54) is 74.1 Å². The van der Waals surface area contributed by atoms with Crippen molar-refractivity contribution in [3.8, 4) is 22.3 Å². The summed E-state index contributed by atoms with van der Waals surface area (Å²) in [6, 6.07) is 21.2. The lowest BCUT2D eigenvalue weighted by molar-refractivity contribution is 0.0599. The maximum Gasteiger partial charge on any atom is 0.338 e. The average Bonchev–Trinajstić information content (AvgIpc) is 3.55. The smallest absolute Gasteiger partial charge is 0.338 e. The molecule has 242 valence electrons. The fourth-order valence-electron chi connectivity index (χ4n) is 7.90. The van der Waals surface area contributed by atoms with Crippen molar-refractivity contribution in [2.24, 2.45) is 0 Å². The Labute approximate surface area is 279 Å². The summed E-state index contributed by atoms with van der Waals surface area (Å²) in [6.45, 7) is 13.2. The van der Waals surface area contributed by atoms with Crippen LogP contribution in [0.3, 0.4) is 0 Å². The minimum absolute atomic E-state index is 0. The van der Waals surface area contributed by atoms with Gasteiger partial charge in [-0.25, -0.2) is 4.79 Å². The number of carbonyl (C=O) groups excluding carboxylic acids is 1. The molecule has 5 heteroatoms. The molecule has 0 atom stereocenters. The van der Waals surface area contributed by atoms with Gasteiger partial charge in [0, 0.05) is 22.5 Å². The maximum atomic E-state index is 12.1. The van der Waals surface area contributed by atoms with Gasteiger partial charge in [0.1, 0.15) is 0 Å². The normalized spacial score (nSPS) is 16.4. The molecule has 0 aromatic heterocycles. The second-order valence-corrected chi connectivity index (χ2v) is 14.2. The molecule has 0 fully saturated rings. The Balaban J connectivity index is 0.000000161. The molecule has 8 rings (SSSR count). The second-order valence-electron chi connectivity index (χ2n) is 14.2. The zero-order chi connectivity index (χ0) is 32.5. The lowest BCUT2D eigenvalue weighted by atomic mass is 9.89. The minimum Gasteiger partial charge on any atom is -0.465 e. The van der Waals surface area contributed by atoms with Gasteiger partial charge in [-0.3, -0.25) is 0 Å². The largest absolute Gasteiger partial charge is 0.465 e. The van der Waals surface area contributed by atoms with Gasteiger partial charge in [0.05, 0.1) is 30.4 Å². The molecule has 0 saturated carbocycles. The average molecular weight is 627 g/mol. The van der Waals surface area contributed by atoms with Crippen molar-refractivity contribution in [1.82, 2.24) is 0 Å². The van der Waals surface area contributed by atoms with E-state index in [9.17, 15) is 9.90 Å². The SMILES string of the molecule is C.CC1=CC(C)(C)Nc2cc3c(cc21)-c1cccc(CO)c1C3.COC(=O)c1cccc2c1Cc1cc3c(cc1-2)C(C)=CC(C)(C)N3. The number of hydrogen-bond acceptors (Lipinski definition) is 5. The first kappa shape index (κ1) is 32.3. The molecule has 47 heavy (non-hydrogen) atoms. The fraction of sp³-hybridized carbons (Fsp3) is 0.310. The highest BCUT2D eigenvalue weighted by molar-refractivity contribution is 5.97. The first-order valence-corrected chi connectivity index (χ1v) is 16.1. The summed E-state index contributed by atoms with van der Waals surface area (Å²) in [4.78, 5) is 12.1. The molecule has 0 bridgehead atoms. The number of hydrogen-bond donors (Lipinski definition) is 3. The summed E-state index contributed by atoms with van der Waals surface area (Å²) >= 11 is 0. The molecule has 2 heterocycles. The first-order chi connectivity index (χ1) is 21.9. The number of aliphatic hydroxyl groups excluding tert-OH is 1. The van der Waals surface area contributed by atoms with Crippen molar-refractivity contribution in [3.63, 3.8) is 0 Å². The molecular weight excluding hydrogens is 580 g/mol. The lowest BCUT2D eigenvalue weighted by Crippen LogP contribution is -2.31. The Kier molecular flexibility index (Phi) is 7.96. The molecule has 0 amide bonds. The molecule has 4 aliphatic rings. The Morgan fingerprint density at radius 2 is 1.21 bits per heavy atom. The van der Waals surface area contributed by atoms with Gasteiger partial charge in [-0.2, -0.15) is 0 Å². The molecule has 4 aromatic rings. The molecule has 0 unspecified atom stereocenters. The molecule has 0 radical (unpaired) electrons. The summed E-state index contributed by atoms with van der Waals surface area (Å²) < 4.78 is 4.94. The van der Waals surface area contributed by atoms with Gasteiger partial charge in [0.25, 0.3) is 0 Å². The Hall–Kier alpha value is -4.61. The van der Waals surface area contributed by atoms with Crippen LogP contribution in [0.2, 0.25) is 0 Å². The van der Waals surface area contributed by atoms with Crippen LogP contribution in [-0.4, -0.2) is 29.3 Å². The van der Waals surface area contributed by atoms with E-state index in [0.717, 1.165) is 29.5 Å². The quantitative estimate of drug-likeness (QED) is 0.167. The number of carbonyl (C=O) groups is 1. The highest BCUT2D eigenvalue weighted by Crippen LogP contribution is 2.46. The van der Waals surface area contributed by atoms with Crippen LogP contribution in [-0.2, 0) is 24.2 Å². The summed E-state index contributed by atoms with van der Waals surface area (Å²) in [5.41, 5.74) is 19.1. The van der Waals surface area contributed by atoms with Crippen LogP contribution >= 0.6 is 0 Å². The number of esters is 1. The van der Waals surface area contributed by atoms with Crippen molar-refractivity contribution in [2.75, 3.05) is 17.7 Å². The zero-order valence-corrected chi connectivity index (χ0v) is 27.8. The van der Waals surface area contributed by atoms with Gasteiger partial charge in [-0.15, -0.1) is 0 Å². The second kappa shape index (κ2) is 11.6. The van der Waals surface area contributed by atoms with E-state index >= 15 is 0 Å². The lowest BCUT2D eigenvalue weighted by Gasteiger charge is -2.32. The molecule has 5 nitrogen and oxygen atoms in total. The Morgan fingerprint density at radius 1 is 0.723 bits per heavy atom. The van der Waals surface area contributed by atoms with Crippen LogP contribution in [0, 0.1) is 0 Å². The van der Waals surface area contributed by atoms with E-state index in [-0.39, 0.29) is 31.1 Å². The molecule has 3 N–H and O–H groups in total. The van der Waals surface area contributed by atoms with E-state index in [1.54, 1.807) is 0 Å². The van der Waals surface area contributed by atoms with E-state index in [0.29, 0.717) is 5.56 Å². The number of fused-ring (bicyclic) bond motifs is 8. The topological polar surface area (TPSA) is 70.6 Å². The molecular formula is C42H46N2O3. The number of rotatable bonds is 2. The minimum atomic E-state index is -0.264. The van der Waals surface area contributed by atoms with Gasteiger partial charge < -0.3 is 20.5 Å². The van der Waals surface area contributed by atoms with Gasteiger partial charge in [0.2, 0.25) is 0 Å². The van der Waals surface area contributed by atoms with Crippen LogP contribution in [0.25, 0.3) is 33.4 Å². The number of allylic oxidation sites excluding steroid dienone is 2. The van der Waals surface area contributed by atoms with Gasteiger partial charge in [-0.1, -0.05) is 49.9 Å². The van der Waals surface area contributed by atoms with E-state index in [4.69, 9.17) is 4.74 Å². The summed E-state index contributed by atoms with van der Waals surface area (Å²) in [5, 5.41) is 16.8. The van der Waals surface area contributed by atoms with Crippen molar-refractivity contribution >= 4 is 28.5 Å². The van der Waals surface area contributed by atoms with Crippen molar-refractivity contribution in [2.45, 2.75) is 79.5 Å². The van der Waals surface area contributed by atoms with E-state index in [2.05, 4.69) is 101 Å². The highest BCUT2D eigenvalue weighted by atomic mass is 16.5. The van der Waals surface area contributed by atoms with Crippen LogP contribution in [0.5, 0.6) is 0 Å². The first-order valence-electron chi connectivity index (χ1n) is 16.1. The molecule has 0 spiro atoms. The third kappa shape index (κ3) is 5.57. The number of anilines is 2. The van der Waals surface area contributed by atoms with Crippen LogP contribution in [0.15, 0.2) is 72.8 Å². The van der Waals surface area contributed by atoms with Crippen LogP contribution in [0.4, 0.5) is 11.4 Å². The monoisotopic (exact) mass is 626 g/mol. The number of ether oxygens (including phenoxy) is 1. The molecule has 2 aliphatic carbocycles. The summed E-state index contributed by atoms with van der Waals surface area (Å²) in [7, 11) is 1.43. The molecule has 2 aliphatic heterocycles. The molecule has 0 saturated heterocycles. The molecule has 4 aromatic carbocycles. The Morgan fingerprint density at radius 3 is 1.72 bits per heavy atom. The van der Waals surface area contributed by atoms with Gasteiger partial charge in [-0.05, 0) is 146 Å². The fourth-order valence-corrected chi connectivity index (χ4v) is 7.90. The maximum absolute atomic E-state index is 12.1. The predicted molar refractivity (Wildman–Crippen MR) is 196 cm³/mol. The third-order valence-corrected chi connectivity index (χ3v) is 9.74. The van der Waals surface area contributed by atoms with Crippen LogP contribution < -0.4 is 10.6 Å². The van der Waals surface area contributed by atoms with Crippen molar-refractivity contribution in [3.05, 3.63) is 117 Å². The van der Waals surface area contributed by atoms with Crippen molar-refractivity contribution in [1.29, 1.82) is 0 Å². The predicted octanol–water partition coefficient (Wildman–Crippen LogP) is 9.65. The number of benzene rings is 4. The number of nitrogens with one attached hydrogen (secondary N) is 2.